The summed E-state index contributed by atoms with van der Waals surface area (Å²) in [7, 11) is -8.12. The Morgan fingerprint density at radius 2 is 2.00 bits per heavy atom. The van der Waals surface area contributed by atoms with Gasteiger partial charge in [0.15, 0.2) is 0 Å². The number of nitrogens with one attached hydrogen (secondary N) is 1. The molecular weight excluding hydrogens is 432 g/mol. The van der Waals surface area contributed by atoms with Crippen molar-refractivity contribution >= 4 is 49.9 Å². The second-order valence-electron chi connectivity index (χ2n) is 5.54. The Hall–Kier alpha value is -0.620. The first-order valence-corrected chi connectivity index (χ1v) is 12.6. The Bertz CT molecular complexity index is 826. The summed E-state index contributed by atoms with van der Waals surface area (Å²) in [6.45, 7) is 0. The number of hydrogen-bond acceptors (Lipinski definition) is 11. The van der Waals surface area contributed by atoms with E-state index in [1.165, 1.54) is 0 Å². The van der Waals surface area contributed by atoms with Crippen LogP contribution in [0.15, 0.2) is 5.16 Å². The maximum atomic E-state index is 11.8. The van der Waals surface area contributed by atoms with Gasteiger partial charge in [0, 0.05) is 17.3 Å². The van der Waals surface area contributed by atoms with Crippen LogP contribution in [0, 0.1) is 0 Å². The number of aromatic nitrogens is 3. The lowest BCUT2D eigenvalue weighted by molar-refractivity contribution is -0.432. The molecule has 150 valence electrons. The van der Waals surface area contributed by atoms with Gasteiger partial charge in [-0.05, 0) is 25.5 Å². The molecule has 0 aliphatic heterocycles. The monoisotopic (exact) mass is 450 g/mol. The first kappa shape index (κ1) is 21.7. The molecule has 1 aliphatic rings. The highest BCUT2D eigenvalue weighted by atomic mass is 32.2. The SMILES string of the molecule is CSc1nc(NS(C)(=O)=O)n(C2CC(SOOO)CCC2S(=O)(=O)O)n1. The molecule has 1 saturated carbocycles. The van der Waals surface area contributed by atoms with Gasteiger partial charge in [0.1, 0.15) is 5.25 Å². The predicted octanol–water partition coefficient (Wildman–Crippen LogP) is 0.791. The molecule has 2 rings (SSSR count). The second kappa shape index (κ2) is 8.59. The lowest BCUT2D eigenvalue weighted by Crippen LogP contribution is -2.39. The van der Waals surface area contributed by atoms with Gasteiger partial charge in [-0.15, -0.1) is 9.43 Å². The van der Waals surface area contributed by atoms with Gasteiger partial charge < -0.3 is 0 Å². The molecule has 0 radical (unpaired) electrons. The van der Waals surface area contributed by atoms with Crippen molar-refractivity contribution in [1.29, 1.82) is 0 Å². The highest BCUT2D eigenvalue weighted by molar-refractivity contribution is 7.98. The molecule has 0 saturated heterocycles. The largest absolute Gasteiger partial charge is 0.285 e. The van der Waals surface area contributed by atoms with E-state index in [2.05, 4.69) is 24.2 Å². The molecule has 16 heteroatoms. The van der Waals surface area contributed by atoms with Gasteiger partial charge >= 0.3 is 0 Å². The number of anilines is 1. The second-order valence-corrected chi connectivity index (χ2v) is 10.7. The number of nitrogens with zero attached hydrogens (tertiary/aromatic N) is 3. The first-order chi connectivity index (χ1) is 12.0. The number of rotatable bonds is 8. The Morgan fingerprint density at radius 1 is 1.31 bits per heavy atom. The van der Waals surface area contributed by atoms with Crippen LogP contribution in [0.4, 0.5) is 5.95 Å². The van der Waals surface area contributed by atoms with E-state index in [1.807, 2.05) is 0 Å². The molecule has 1 aliphatic carbocycles. The summed E-state index contributed by atoms with van der Waals surface area (Å²) in [4.78, 5) is 4.04. The summed E-state index contributed by atoms with van der Waals surface area (Å²) in [5, 5.41) is 14.7. The molecule has 0 amide bonds. The minimum absolute atomic E-state index is 0.0722. The molecule has 0 aromatic carbocycles. The van der Waals surface area contributed by atoms with Gasteiger partial charge in [0.2, 0.25) is 21.1 Å². The van der Waals surface area contributed by atoms with Crippen molar-refractivity contribution in [2.75, 3.05) is 17.2 Å². The number of thioether (sulfide) groups is 1. The van der Waals surface area contributed by atoms with E-state index in [0.29, 0.717) is 6.42 Å². The van der Waals surface area contributed by atoms with Crippen molar-refractivity contribution in [2.24, 2.45) is 0 Å². The van der Waals surface area contributed by atoms with Crippen LogP contribution in [0.5, 0.6) is 0 Å². The highest BCUT2D eigenvalue weighted by Gasteiger charge is 2.41. The van der Waals surface area contributed by atoms with Gasteiger partial charge in [-0.1, -0.05) is 16.8 Å². The van der Waals surface area contributed by atoms with Gasteiger partial charge in [-0.3, -0.25) is 9.27 Å². The van der Waals surface area contributed by atoms with Crippen molar-refractivity contribution in [1.82, 2.24) is 14.8 Å². The maximum Gasteiger partial charge on any atom is 0.269 e. The Labute approximate surface area is 158 Å². The fourth-order valence-corrected chi connectivity index (χ4v) is 5.23. The van der Waals surface area contributed by atoms with Gasteiger partial charge in [-0.2, -0.15) is 13.4 Å². The van der Waals surface area contributed by atoms with Gasteiger partial charge in [0.05, 0.1) is 12.3 Å². The molecular formula is C10H18N4O8S4. The van der Waals surface area contributed by atoms with Crippen LogP contribution in [0.25, 0.3) is 0 Å². The number of sulfonamides is 1. The van der Waals surface area contributed by atoms with Gasteiger partial charge in [-0.25, -0.2) is 18.4 Å². The molecule has 12 nitrogen and oxygen atoms in total. The predicted molar refractivity (Wildman–Crippen MR) is 94.7 cm³/mol. The van der Waals surface area contributed by atoms with Crippen molar-refractivity contribution in [3.63, 3.8) is 0 Å². The quantitative estimate of drug-likeness (QED) is 0.167. The molecule has 1 heterocycles. The topological polar surface area (TPSA) is 170 Å². The molecule has 3 unspecified atom stereocenters. The van der Waals surface area contributed by atoms with Crippen LogP contribution in [0.2, 0.25) is 0 Å². The Morgan fingerprint density at radius 3 is 2.54 bits per heavy atom. The molecule has 3 atom stereocenters. The van der Waals surface area contributed by atoms with E-state index in [4.69, 9.17) is 5.26 Å². The molecule has 3 N–H and O–H groups in total. The molecule has 1 aromatic rings. The summed E-state index contributed by atoms with van der Waals surface area (Å²) >= 11 is 1.93. The average Bonchev–Trinajstić information content (AvgIpc) is 2.92. The summed E-state index contributed by atoms with van der Waals surface area (Å²) < 4.78 is 64.1. The molecule has 1 aromatic heterocycles. The van der Waals surface area contributed by atoms with Crippen LogP contribution < -0.4 is 4.72 Å². The third-order valence-electron chi connectivity index (χ3n) is 3.68. The van der Waals surface area contributed by atoms with Crippen LogP contribution in [-0.2, 0) is 29.5 Å². The summed E-state index contributed by atoms with van der Waals surface area (Å²) in [6.07, 6.45) is 3.18. The Kier molecular flexibility index (Phi) is 7.16. The first-order valence-electron chi connectivity index (χ1n) is 7.13. The van der Waals surface area contributed by atoms with E-state index in [1.54, 1.807) is 6.26 Å². The van der Waals surface area contributed by atoms with E-state index in [0.717, 1.165) is 34.7 Å². The summed E-state index contributed by atoms with van der Waals surface area (Å²) in [6, 6.07) is -0.906. The molecule has 1 fully saturated rings. The van der Waals surface area contributed by atoms with E-state index < -0.39 is 31.4 Å². The third-order valence-corrected chi connectivity index (χ3v) is 6.93. The van der Waals surface area contributed by atoms with Crippen LogP contribution in [-0.4, -0.2) is 64.4 Å². The third kappa shape index (κ3) is 5.69. The lowest BCUT2D eigenvalue weighted by atomic mass is 9.94. The van der Waals surface area contributed by atoms with Crippen molar-refractivity contribution in [3.05, 3.63) is 0 Å². The zero-order chi connectivity index (χ0) is 19.5. The minimum Gasteiger partial charge on any atom is -0.285 e. The normalized spacial score (nSPS) is 24.5. The van der Waals surface area contributed by atoms with Crippen molar-refractivity contribution < 1.29 is 36.0 Å². The van der Waals surface area contributed by atoms with Crippen molar-refractivity contribution in [3.8, 4) is 0 Å². The summed E-state index contributed by atoms with van der Waals surface area (Å²) in [5.74, 6) is -0.152. The van der Waals surface area contributed by atoms with Crippen LogP contribution >= 0.6 is 23.8 Å². The molecule has 0 spiro atoms. The van der Waals surface area contributed by atoms with E-state index in [-0.39, 0.29) is 29.2 Å². The lowest BCUT2D eigenvalue weighted by Gasteiger charge is -2.33. The number of hydrogen-bond donors (Lipinski definition) is 3. The van der Waals surface area contributed by atoms with Gasteiger partial charge in [0.25, 0.3) is 10.1 Å². The smallest absolute Gasteiger partial charge is 0.269 e. The molecule has 26 heavy (non-hydrogen) atoms. The maximum absolute atomic E-state index is 11.8. The zero-order valence-electron chi connectivity index (χ0n) is 13.7. The van der Waals surface area contributed by atoms with E-state index in [9.17, 15) is 21.4 Å². The Balaban J connectivity index is 2.43. The minimum atomic E-state index is -4.43. The van der Waals surface area contributed by atoms with Crippen LogP contribution in [0.1, 0.15) is 25.3 Å². The van der Waals surface area contributed by atoms with Crippen LogP contribution in [0.3, 0.4) is 0 Å². The summed E-state index contributed by atoms with van der Waals surface area (Å²) in [5.41, 5.74) is 0. The zero-order valence-corrected chi connectivity index (χ0v) is 16.9. The average molecular weight is 451 g/mol. The fourth-order valence-electron chi connectivity index (χ4n) is 2.70. The van der Waals surface area contributed by atoms with E-state index >= 15 is 0 Å². The fraction of sp³-hybridized carbons (Fsp3) is 0.800. The molecule has 0 bridgehead atoms. The highest BCUT2D eigenvalue weighted by Crippen LogP contribution is 2.39. The van der Waals surface area contributed by atoms with Crippen molar-refractivity contribution in [2.45, 2.75) is 41.0 Å². The standard InChI is InChI=1S/C10H18N4O8S4/c1-23-10-11-9(13-25(2,16)17)14(12-10)7-5-6(24-22-21-15)3-4-8(7)26(18,19)20/h6-8,15H,3-5H2,1-2H3,(H,11,12,13)(H,18,19,20).